The standard InChI is InChI=1S/C11H18N4O/c1-14-7-8-15(9-14)6-5-13-11(16)10-3-2-4-12-10/h7-10,12H,2-6H2,1H3/p+1/t10-/m0/s1. The van der Waals surface area contributed by atoms with Gasteiger partial charge in [0.1, 0.15) is 18.9 Å². The van der Waals surface area contributed by atoms with E-state index in [4.69, 9.17) is 0 Å². The summed E-state index contributed by atoms with van der Waals surface area (Å²) in [5, 5.41) is 6.14. The monoisotopic (exact) mass is 223 g/mol. The van der Waals surface area contributed by atoms with Crippen LogP contribution in [0.5, 0.6) is 0 Å². The Bertz CT molecular complexity index is 355. The fraction of sp³-hybridized carbons (Fsp3) is 0.636. The highest BCUT2D eigenvalue weighted by atomic mass is 16.2. The van der Waals surface area contributed by atoms with Crippen LogP contribution in [-0.4, -0.2) is 29.6 Å². The molecule has 0 aromatic carbocycles. The predicted molar refractivity (Wildman–Crippen MR) is 59.6 cm³/mol. The van der Waals surface area contributed by atoms with Gasteiger partial charge in [-0.25, -0.2) is 9.13 Å². The van der Waals surface area contributed by atoms with Crippen LogP contribution < -0.4 is 15.2 Å². The number of hydrogen-bond donors (Lipinski definition) is 2. The van der Waals surface area contributed by atoms with Crippen molar-refractivity contribution in [3.63, 3.8) is 0 Å². The van der Waals surface area contributed by atoms with E-state index in [1.807, 2.05) is 30.3 Å². The first-order valence-corrected chi connectivity index (χ1v) is 5.78. The van der Waals surface area contributed by atoms with Crippen molar-refractivity contribution in [2.24, 2.45) is 7.05 Å². The van der Waals surface area contributed by atoms with Gasteiger partial charge < -0.3 is 10.6 Å². The number of amides is 1. The third-order valence-electron chi connectivity index (χ3n) is 2.87. The smallest absolute Gasteiger partial charge is 0.243 e. The first kappa shape index (κ1) is 11.1. The third-order valence-corrected chi connectivity index (χ3v) is 2.87. The first-order valence-electron chi connectivity index (χ1n) is 5.78. The Morgan fingerprint density at radius 3 is 3.19 bits per heavy atom. The summed E-state index contributed by atoms with van der Waals surface area (Å²) in [5.41, 5.74) is 0. The summed E-state index contributed by atoms with van der Waals surface area (Å²) in [6.07, 6.45) is 8.05. The van der Waals surface area contributed by atoms with E-state index < -0.39 is 0 Å². The molecule has 2 heterocycles. The van der Waals surface area contributed by atoms with Gasteiger partial charge in [-0.2, -0.15) is 0 Å². The Hall–Kier alpha value is -1.36. The topological polar surface area (TPSA) is 49.9 Å². The lowest BCUT2D eigenvalue weighted by Gasteiger charge is -2.09. The van der Waals surface area contributed by atoms with Gasteiger partial charge in [-0.3, -0.25) is 4.79 Å². The molecule has 16 heavy (non-hydrogen) atoms. The molecule has 0 saturated carbocycles. The fourth-order valence-electron chi connectivity index (χ4n) is 1.97. The Labute approximate surface area is 95.5 Å². The minimum Gasteiger partial charge on any atom is -0.351 e. The fourth-order valence-corrected chi connectivity index (χ4v) is 1.97. The number of aromatic nitrogens is 2. The van der Waals surface area contributed by atoms with Crippen LogP contribution in [0, 0.1) is 0 Å². The van der Waals surface area contributed by atoms with Crippen molar-refractivity contribution in [3.05, 3.63) is 18.7 Å². The van der Waals surface area contributed by atoms with Gasteiger partial charge in [0.25, 0.3) is 0 Å². The van der Waals surface area contributed by atoms with Crippen molar-refractivity contribution in [2.45, 2.75) is 25.4 Å². The highest BCUT2D eigenvalue weighted by Crippen LogP contribution is 2.04. The molecule has 1 aliphatic heterocycles. The van der Waals surface area contributed by atoms with Gasteiger partial charge >= 0.3 is 0 Å². The van der Waals surface area contributed by atoms with E-state index in [-0.39, 0.29) is 11.9 Å². The summed E-state index contributed by atoms with van der Waals surface area (Å²) in [4.78, 5) is 11.7. The lowest BCUT2D eigenvalue weighted by atomic mass is 10.2. The molecule has 2 N–H and O–H groups in total. The van der Waals surface area contributed by atoms with Crippen LogP contribution in [0.1, 0.15) is 12.8 Å². The minimum atomic E-state index is 0.0285. The third kappa shape index (κ3) is 2.82. The summed E-state index contributed by atoms with van der Waals surface area (Å²) in [7, 11) is 1.98. The second kappa shape index (κ2) is 5.12. The summed E-state index contributed by atoms with van der Waals surface area (Å²) < 4.78 is 4.04. The van der Waals surface area contributed by atoms with Crippen molar-refractivity contribution in [2.75, 3.05) is 13.1 Å². The van der Waals surface area contributed by atoms with Crippen LogP contribution >= 0.6 is 0 Å². The highest BCUT2D eigenvalue weighted by molar-refractivity contribution is 5.81. The lowest BCUT2D eigenvalue weighted by molar-refractivity contribution is -0.671. The molecule has 2 rings (SSSR count). The van der Waals surface area contributed by atoms with Gasteiger partial charge in [0.15, 0.2) is 0 Å². The van der Waals surface area contributed by atoms with Gasteiger partial charge in [-0.1, -0.05) is 0 Å². The van der Waals surface area contributed by atoms with E-state index >= 15 is 0 Å². The Morgan fingerprint density at radius 2 is 2.56 bits per heavy atom. The van der Waals surface area contributed by atoms with Gasteiger partial charge in [0, 0.05) is 0 Å². The molecule has 0 aliphatic carbocycles. The Morgan fingerprint density at radius 1 is 1.69 bits per heavy atom. The van der Waals surface area contributed by atoms with Gasteiger partial charge in [0.2, 0.25) is 12.2 Å². The highest BCUT2D eigenvalue weighted by Gasteiger charge is 2.21. The van der Waals surface area contributed by atoms with E-state index in [2.05, 4.69) is 15.2 Å². The molecule has 0 bridgehead atoms. The Kier molecular flexibility index (Phi) is 3.56. The van der Waals surface area contributed by atoms with Crippen molar-refractivity contribution >= 4 is 5.91 Å². The molecule has 1 atom stereocenters. The van der Waals surface area contributed by atoms with Crippen LogP contribution in [-0.2, 0) is 18.4 Å². The molecule has 0 spiro atoms. The van der Waals surface area contributed by atoms with Gasteiger partial charge in [-0.05, 0) is 19.4 Å². The van der Waals surface area contributed by atoms with Crippen LogP contribution in [0.2, 0.25) is 0 Å². The molecule has 1 saturated heterocycles. The van der Waals surface area contributed by atoms with Gasteiger partial charge in [0.05, 0.1) is 19.6 Å². The number of aryl methyl sites for hydroxylation is 1. The molecule has 88 valence electrons. The van der Waals surface area contributed by atoms with Crippen LogP contribution in [0.4, 0.5) is 0 Å². The zero-order valence-corrected chi connectivity index (χ0v) is 9.65. The van der Waals surface area contributed by atoms with Crippen molar-refractivity contribution < 1.29 is 9.36 Å². The second-order valence-electron chi connectivity index (χ2n) is 4.26. The van der Waals surface area contributed by atoms with E-state index in [1.54, 1.807) is 0 Å². The maximum Gasteiger partial charge on any atom is 0.243 e. The quantitative estimate of drug-likeness (QED) is 0.655. The molecule has 1 fully saturated rings. The average molecular weight is 223 g/mol. The molecule has 0 radical (unpaired) electrons. The summed E-state index contributed by atoms with van der Waals surface area (Å²) in [6.45, 7) is 2.47. The van der Waals surface area contributed by atoms with E-state index in [0.29, 0.717) is 6.54 Å². The lowest BCUT2D eigenvalue weighted by Crippen LogP contribution is -2.41. The molecule has 1 aromatic rings. The predicted octanol–water partition coefficient (Wildman–Crippen LogP) is -0.819. The number of nitrogens with zero attached hydrogens (tertiary/aromatic N) is 2. The average Bonchev–Trinajstić information content (AvgIpc) is 2.89. The van der Waals surface area contributed by atoms with E-state index in [1.165, 1.54) is 0 Å². The first-order chi connectivity index (χ1) is 7.75. The summed E-state index contributed by atoms with van der Waals surface area (Å²) in [6, 6.07) is 0.0285. The van der Waals surface area contributed by atoms with Crippen LogP contribution in [0.3, 0.4) is 0 Å². The van der Waals surface area contributed by atoms with E-state index in [0.717, 1.165) is 25.9 Å². The zero-order chi connectivity index (χ0) is 11.4. The number of imidazole rings is 1. The summed E-state index contributed by atoms with van der Waals surface area (Å²) >= 11 is 0. The SMILES string of the molecule is C[n+]1ccn(CCNC(=O)[C@@H]2CCCN2)c1. The van der Waals surface area contributed by atoms with Crippen molar-refractivity contribution in [3.8, 4) is 0 Å². The molecular formula is C11H19N4O+. The maximum atomic E-state index is 11.7. The van der Waals surface area contributed by atoms with Gasteiger partial charge in [-0.15, -0.1) is 0 Å². The normalized spacial score (nSPS) is 19.9. The van der Waals surface area contributed by atoms with Crippen LogP contribution in [0.15, 0.2) is 18.7 Å². The molecule has 5 heteroatoms. The number of hydrogen-bond acceptors (Lipinski definition) is 2. The largest absolute Gasteiger partial charge is 0.351 e. The molecule has 5 nitrogen and oxygen atoms in total. The number of carbonyl (C=O) groups is 1. The zero-order valence-electron chi connectivity index (χ0n) is 9.65. The minimum absolute atomic E-state index is 0.0285. The van der Waals surface area contributed by atoms with E-state index in [9.17, 15) is 4.79 Å². The Balaban J connectivity index is 1.69. The molecule has 1 aromatic heterocycles. The molecule has 1 amide bonds. The van der Waals surface area contributed by atoms with Crippen LogP contribution in [0.25, 0.3) is 0 Å². The molecular weight excluding hydrogens is 204 g/mol. The van der Waals surface area contributed by atoms with Crippen molar-refractivity contribution in [1.82, 2.24) is 15.2 Å². The number of rotatable bonds is 4. The number of nitrogens with one attached hydrogen (secondary N) is 2. The summed E-state index contributed by atoms with van der Waals surface area (Å²) in [5.74, 6) is 0.133. The molecule has 0 unspecified atom stereocenters. The number of carbonyl (C=O) groups excluding carboxylic acids is 1. The maximum absolute atomic E-state index is 11.7. The molecule has 1 aliphatic rings. The van der Waals surface area contributed by atoms with Crippen molar-refractivity contribution in [1.29, 1.82) is 0 Å². The second-order valence-corrected chi connectivity index (χ2v) is 4.26.